The first kappa shape index (κ1) is 16.8. The zero-order valence-corrected chi connectivity index (χ0v) is 14.5. The number of aryl methyl sites for hydroxylation is 1. The van der Waals surface area contributed by atoms with E-state index in [4.69, 9.17) is 0 Å². The largest absolute Gasteiger partial charge is 0.369 e. The molecular weight excluding hydrogens is 304 g/mol. The van der Waals surface area contributed by atoms with Crippen LogP contribution < -0.4 is 10.2 Å². The highest BCUT2D eigenvalue weighted by atomic mass is 16.2. The summed E-state index contributed by atoms with van der Waals surface area (Å²) in [5, 5.41) is 2.75. The third kappa shape index (κ3) is 3.70. The van der Waals surface area contributed by atoms with E-state index in [1.165, 1.54) is 16.8 Å². The van der Waals surface area contributed by atoms with Crippen LogP contribution in [0.1, 0.15) is 11.1 Å². The van der Waals surface area contributed by atoms with Crippen molar-refractivity contribution in [3.05, 3.63) is 29.3 Å². The SMILES string of the molecule is Cc1cccc(N2CCN(CC(=O)N3CCNC(=O)C3)CC2)c1C. The van der Waals surface area contributed by atoms with Crippen LogP contribution in [0.2, 0.25) is 0 Å². The number of amides is 2. The molecule has 2 aliphatic heterocycles. The Balaban J connectivity index is 1.52. The fourth-order valence-corrected chi connectivity index (χ4v) is 3.37. The molecule has 24 heavy (non-hydrogen) atoms. The van der Waals surface area contributed by atoms with Crippen molar-refractivity contribution < 1.29 is 9.59 Å². The van der Waals surface area contributed by atoms with Gasteiger partial charge in [0.25, 0.3) is 0 Å². The second-order valence-corrected chi connectivity index (χ2v) is 6.65. The maximum atomic E-state index is 12.4. The van der Waals surface area contributed by atoms with Crippen LogP contribution in [0.25, 0.3) is 0 Å². The van der Waals surface area contributed by atoms with E-state index in [0.717, 1.165) is 26.2 Å². The number of rotatable bonds is 3. The van der Waals surface area contributed by atoms with Gasteiger partial charge in [-0.1, -0.05) is 12.1 Å². The number of nitrogens with zero attached hydrogens (tertiary/aromatic N) is 3. The van der Waals surface area contributed by atoms with Crippen LogP contribution in [0, 0.1) is 13.8 Å². The predicted octanol–water partition coefficient (Wildman–Crippen LogP) is 0.384. The molecule has 0 bridgehead atoms. The lowest BCUT2D eigenvalue weighted by Gasteiger charge is -2.37. The van der Waals surface area contributed by atoms with E-state index in [0.29, 0.717) is 19.6 Å². The predicted molar refractivity (Wildman–Crippen MR) is 94.2 cm³/mol. The molecule has 0 spiro atoms. The highest BCUT2D eigenvalue weighted by molar-refractivity contribution is 5.86. The quantitative estimate of drug-likeness (QED) is 0.871. The minimum Gasteiger partial charge on any atom is -0.369 e. The third-order valence-electron chi connectivity index (χ3n) is 5.04. The van der Waals surface area contributed by atoms with Gasteiger partial charge in [-0.05, 0) is 31.0 Å². The van der Waals surface area contributed by atoms with Gasteiger partial charge in [0, 0.05) is 45.0 Å². The fourth-order valence-electron chi connectivity index (χ4n) is 3.37. The Labute approximate surface area is 143 Å². The van der Waals surface area contributed by atoms with Crippen LogP contribution in [0.4, 0.5) is 5.69 Å². The second-order valence-electron chi connectivity index (χ2n) is 6.65. The van der Waals surface area contributed by atoms with Crippen LogP contribution in [0.3, 0.4) is 0 Å². The lowest BCUT2D eigenvalue weighted by Crippen LogP contribution is -2.54. The molecule has 2 amide bonds. The van der Waals surface area contributed by atoms with Crippen molar-refractivity contribution >= 4 is 17.5 Å². The number of carbonyl (C=O) groups excluding carboxylic acids is 2. The molecule has 2 heterocycles. The number of nitrogens with one attached hydrogen (secondary N) is 1. The molecule has 6 nitrogen and oxygen atoms in total. The molecule has 0 unspecified atom stereocenters. The molecule has 2 saturated heterocycles. The van der Waals surface area contributed by atoms with Crippen LogP contribution in [0.15, 0.2) is 18.2 Å². The van der Waals surface area contributed by atoms with Crippen molar-refractivity contribution in [2.45, 2.75) is 13.8 Å². The number of hydrogen-bond donors (Lipinski definition) is 1. The molecular formula is C18H26N4O2. The van der Waals surface area contributed by atoms with Crippen molar-refractivity contribution in [1.82, 2.24) is 15.1 Å². The first-order valence-electron chi connectivity index (χ1n) is 8.62. The first-order chi connectivity index (χ1) is 11.5. The Morgan fingerprint density at radius 2 is 1.88 bits per heavy atom. The Bertz CT molecular complexity index is 623. The molecule has 0 radical (unpaired) electrons. The highest BCUT2D eigenvalue weighted by Gasteiger charge is 2.25. The number of piperazine rings is 2. The molecule has 1 aromatic carbocycles. The summed E-state index contributed by atoms with van der Waals surface area (Å²) < 4.78 is 0. The number of carbonyl (C=O) groups is 2. The van der Waals surface area contributed by atoms with Gasteiger partial charge in [-0.15, -0.1) is 0 Å². The van der Waals surface area contributed by atoms with E-state index in [1.807, 2.05) is 0 Å². The van der Waals surface area contributed by atoms with Crippen LogP contribution in [0.5, 0.6) is 0 Å². The van der Waals surface area contributed by atoms with Gasteiger partial charge >= 0.3 is 0 Å². The van der Waals surface area contributed by atoms with Crippen LogP contribution >= 0.6 is 0 Å². The van der Waals surface area contributed by atoms with Gasteiger partial charge in [0.2, 0.25) is 11.8 Å². The molecule has 2 aliphatic rings. The van der Waals surface area contributed by atoms with Gasteiger partial charge in [-0.2, -0.15) is 0 Å². The molecule has 0 atom stereocenters. The van der Waals surface area contributed by atoms with E-state index < -0.39 is 0 Å². The summed E-state index contributed by atoms with van der Waals surface area (Å²) in [7, 11) is 0. The van der Waals surface area contributed by atoms with E-state index in [9.17, 15) is 9.59 Å². The number of benzene rings is 1. The van der Waals surface area contributed by atoms with Gasteiger partial charge in [-0.25, -0.2) is 0 Å². The summed E-state index contributed by atoms with van der Waals surface area (Å²) in [6.45, 7) is 9.70. The van der Waals surface area contributed by atoms with Crippen molar-refractivity contribution in [3.8, 4) is 0 Å². The summed E-state index contributed by atoms with van der Waals surface area (Å²) in [6, 6.07) is 6.42. The van der Waals surface area contributed by atoms with Gasteiger partial charge < -0.3 is 15.1 Å². The van der Waals surface area contributed by atoms with Gasteiger partial charge in [-0.3, -0.25) is 14.5 Å². The van der Waals surface area contributed by atoms with Crippen LogP contribution in [-0.4, -0.2) is 74.0 Å². The minimum absolute atomic E-state index is 0.0602. The average Bonchev–Trinajstić information content (AvgIpc) is 2.58. The molecule has 6 heteroatoms. The molecule has 0 aromatic heterocycles. The second kappa shape index (κ2) is 7.21. The fraction of sp³-hybridized carbons (Fsp3) is 0.556. The van der Waals surface area contributed by atoms with Gasteiger partial charge in [0.05, 0.1) is 13.1 Å². The summed E-state index contributed by atoms with van der Waals surface area (Å²) >= 11 is 0. The Morgan fingerprint density at radius 3 is 2.58 bits per heavy atom. The number of hydrogen-bond acceptors (Lipinski definition) is 4. The molecule has 0 aliphatic carbocycles. The minimum atomic E-state index is -0.0608. The van der Waals surface area contributed by atoms with E-state index in [2.05, 4.69) is 47.2 Å². The van der Waals surface area contributed by atoms with Crippen molar-refractivity contribution in [2.75, 3.05) is 57.3 Å². The van der Waals surface area contributed by atoms with E-state index in [-0.39, 0.29) is 18.4 Å². The van der Waals surface area contributed by atoms with Crippen molar-refractivity contribution in [1.29, 1.82) is 0 Å². The van der Waals surface area contributed by atoms with E-state index in [1.54, 1.807) is 4.90 Å². The monoisotopic (exact) mass is 330 g/mol. The topological polar surface area (TPSA) is 55.9 Å². The normalized spacial score (nSPS) is 19.3. The molecule has 3 rings (SSSR count). The maximum absolute atomic E-state index is 12.4. The highest BCUT2D eigenvalue weighted by Crippen LogP contribution is 2.23. The molecule has 130 valence electrons. The lowest BCUT2D eigenvalue weighted by molar-refractivity contribution is -0.139. The zero-order valence-electron chi connectivity index (χ0n) is 14.5. The molecule has 0 saturated carbocycles. The first-order valence-corrected chi connectivity index (χ1v) is 8.62. The molecule has 1 aromatic rings. The van der Waals surface area contributed by atoms with Crippen LogP contribution in [-0.2, 0) is 9.59 Å². The Hall–Kier alpha value is -2.08. The standard InChI is InChI=1S/C18H26N4O2/c1-14-4-3-5-16(15(14)2)21-10-8-20(9-11-21)13-18(24)22-7-6-19-17(23)12-22/h3-5H,6-13H2,1-2H3,(H,19,23). The molecule has 2 fully saturated rings. The summed E-state index contributed by atoms with van der Waals surface area (Å²) in [5.41, 5.74) is 3.95. The average molecular weight is 330 g/mol. The molecule has 1 N–H and O–H groups in total. The maximum Gasteiger partial charge on any atom is 0.239 e. The summed E-state index contributed by atoms with van der Waals surface area (Å²) in [5.74, 6) is -0.000576. The van der Waals surface area contributed by atoms with Crippen molar-refractivity contribution in [3.63, 3.8) is 0 Å². The number of anilines is 1. The van der Waals surface area contributed by atoms with E-state index >= 15 is 0 Å². The van der Waals surface area contributed by atoms with Gasteiger partial charge in [0.1, 0.15) is 0 Å². The smallest absolute Gasteiger partial charge is 0.239 e. The van der Waals surface area contributed by atoms with Crippen molar-refractivity contribution in [2.24, 2.45) is 0 Å². The lowest BCUT2D eigenvalue weighted by atomic mass is 10.1. The Kier molecular flexibility index (Phi) is 5.04. The van der Waals surface area contributed by atoms with Gasteiger partial charge in [0.15, 0.2) is 0 Å². The third-order valence-corrected chi connectivity index (χ3v) is 5.04. The Morgan fingerprint density at radius 1 is 1.12 bits per heavy atom. The zero-order chi connectivity index (χ0) is 17.1. The summed E-state index contributed by atoms with van der Waals surface area (Å²) in [4.78, 5) is 30.0. The summed E-state index contributed by atoms with van der Waals surface area (Å²) in [6.07, 6.45) is 0.